The Hall–Kier alpha value is -3.49. The molecule has 2 amide bonds. The Bertz CT molecular complexity index is 1150. The number of nitrogens with one attached hydrogen (secondary N) is 2. The molecule has 3 heterocycles. The quantitative estimate of drug-likeness (QED) is 0.130. The first-order valence-electron chi connectivity index (χ1n) is 12.9. The highest BCUT2D eigenvalue weighted by Gasteiger charge is 2.73. The van der Waals surface area contributed by atoms with Gasteiger partial charge in [0, 0.05) is 25.9 Å². The summed E-state index contributed by atoms with van der Waals surface area (Å²) in [5.41, 5.74) is 0.908. The molecule has 2 aliphatic carbocycles. The molecule has 3 N–H and O–H groups in total. The minimum absolute atomic E-state index is 0.0458. The van der Waals surface area contributed by atoms with Crippen LogP contribution in [0.4, 0.5) is 9.59 Å². The number of aliphatic hydroxyl groups excluding tert-OH is 1. The van der Waals surface area contributed by atoms with Crippen LogP contribution in [-0.2, 0) is 42.7 Å². The number of rotatable bonds is 6. The van der Waals surface area contributed by atoms with Crippen LogP contribution in [0.2, 0.25) is 0 Å². The zero-order valence-corrected chi connectivity index (χ0v) is 23.7. The fourth-order valence-electron chi connectivity index (χ4n) is 5.90. The maximum atomic E-state index is 11.8. The van der Waals surface area contributed by atoms with Gasteiger partial charge in [0.2, 0.25) is 0 Å². The second kappa shape index (κ2) is 12.6. The molecule has 226 valence electrons. The highest BCUT2D eigenvalue weighted by Crippen LogP contribution is 2.61. The molecule has 3 aliphatic heterocycles. The number of amides is 2. The first kappa shape index (κ1) is 30.5. The fourth-order valence-corrected chi connectivity index (χ4v) is 6.31. The topological polar surface area (TPSA) is 180 Å². The van der Waals surface area contributed by atoms with Crippen molar-refractivity contribution >= 4 is 35.7 Å². The highest BCUT2D eigenvalue weighted by molar-refractivity contribution is 6.19. The van der Waals surface area contributed by atoms with E-state index in [1.54, 1.807) is 0 Å². The van der Waals surface area contributed by atoms with Gasteiger partial charge in [-0.1, -0.05) is 6.08 Å². The van der Waals surface area contributed by atoms with Crippen molar-refractivity contribution in [3.8, 4) is 0 Å². The van der Waals surface area contributed by atoms with Gasteiger partial charge >= 0.3 is 24.1 Å². The monoisotopic (exact) mass is 600 g/mol. The molecule has 5 rings (SSSR count). The van der Waals surface area contributed by atoms with Crippen molar-refractivity contribution in [1.29, 1.82) is 0 Å². The Morgan fingerprint density at radius 3 is 2.07 bits per heavy atom. The van der Waals surface area contributed by atoms with Gasteiger partial charge in [-0.2, -0.15) is 0 Å². The number of halogens is 1. The number of carbonyl (C=O) groups is 4. The summed E-state index contributed by atoms with van der Waals surface area (Å²) < 4.78 is 36.3. The number of ether oxygens (including phenoxy) is 7. The summed E-state index contributed by atoms with van der Waals surface area (Å²) in [7, 11) is 5.51. The van der Waals surface area contributed by atoms with Crippen LogP contribution < -0.4 is 10.6 Å². The summed E-state index contributed by atoms with van der Waals surface area (Å²) in [5, 5.41) is 14.1. The lowest BCUT2D eigenvalue weighted by Gasteiger charge is -2.36. The molecule has 0 aromatic carbocycles. The van der Waals surface area contributed by atoms with Crippen molar-refractivity contribution < 1.29 is 57.4 Å². The van der Waals surface area contributed by atoms with Crippen molar-refractivity contribution in [3.63, 3.8) is 0 Å². The van der Waals surface area contributed by atoms with E-state index in [1.807, 2.05) is 6.08 Å². The second-order valence-electron chi connectivity index (χ2n) is 9.82. The molecule has 41 heavy (non-hydrogen) atoms. The van der Waals surface area contributed by atoms with Crippen LogP contribution in [0.1, 0.15) is 12.8 Å². The molecule has 0 spiro atoms. The Kier molecular flexibility index (Phi) is 9.34. The fraction of sp³-hybridized carbons (Fsp3) is 0.615. The SMILES string of the molecule is CNC(=O)OC1OC=C(C(=O)OC)C2CC3OC3(CCl)C12.CNC(=O)OC1OC=C(C(=O)OC)C2CC=C(CO)C12. The van der Waals surface area contributed by atoms with E-state index < -0.39 is 42.3 Å². The maximum Gasteiger partial charge on any atom is 0.409 e. The van der Waals surface area contributed by atoms with Gasteiger partial charge in [0.05, 0.1) is 68.3 Å². The van der Waals surface area contributed by atoms with Crippen molar-refractivity contribution in [2.75, 3.05) is 40.8 Å². The third-order valence-electron chi connectivity index (χ3n) is 7.94. The molecule has 1 saturated carbocycles. The third-order valence-corrected chi connectivity index (χ3v) is 8.36. The maximum absolute atomic E-state index is 11.8. The standard InChI is InChI=1S/C13H16ClNO6.C13H17NO6/c1-15-12(17)20-11-9-6(3-8-13(9,5-14)21-8)7(4-19-11)10(16)18-2;1-14-13(17)20-12-10-7(5-15)3-4-8(10)9(6-19-12)11(16)18-2/h4,6,8-9,11H,3,5H2,1-2H3,(H,15,17);3,6,8,10,12,15H,4-5H2,1-2H3,(H,14,17). The zero-order valence-electron chi connectivity index (χ0n) is 22.9. The van der Waals surface area contributed by atoms with Gasteiger partial charge in [-0.15, -0.1) is 11.6 Å². The summed E-state index contributed by atoms with van der Waals surface area (Å²) in [5.74, 6) is -1.75. The van der Waals surface area contributed by atoms with Gasteiger partial charge in [-0.05, 0) is 18.4 Å². The summed E-state index contributed by atoms with van der Waals surface area (Å²) >= 11 is 6.04. The van der Waals surface area contributed by atoms with E-state index in [-0.39, 0.29) is 42.3 Å². The Balaban J connectivity index is 0.000000189. The zero-order chi connectivity index (χ0) is 29.9. The van der Waals surface area contributed by atoms with Crippen LogP contribution in [0, 0.1) is 23.7 Å². The number of esters is 2. The predicted molar refractivity (Wildman–Crippen MR) is 138 cm³/mol. The summed E-state index contributed by atoms with van der Waals surface area (Å²) in [6.45, 7) is -0.174. The van der Waals surface area contributed by atoms with E-state index in [1.165, 1.54) is 40.8 Å². The highest BCUT2D eigenvalue weighted by atomic mass is 35.5. The first-order valence-corrected chi connectivity index (χ1v) is 13.4. The van der Waals surface area contributed by atoms with Crippen LogP contribution in [0.25, 0.3) is 0 Å². The number of hydrogen-bond acceptors (Lipinski definition) is 12. The normalized spacial score (nSPS) is 33.6. The summed E-state index contributed by atoms with van der Waals surface area (Å²) in [4.78, 5) is 46.3. The number of methoxy groups -OCH3 is 2. The lowest BCUT2D eigenvalue weighted by atomic mass is 9.82. The molecule has 8 atom stereocenters. The number of epoxide rings is 1. The minimum Gasteiger partial charge on any atom is -0.466 e. The van der Waals surface area contributed by atoms with Crippen molar-refractivity contribution in [3.05, 3.63) is 35.3 Å². The van der Waals surface area contributed by atoms with Crippen LogP contribution in [-0.4, -0.2) is 94.3 Å². The lowest BCUT2D eigenvalue weighted by molar-refractivity contribution is -0.150. The van der Waals surface area contributed by atoms with Crippen LogP contribution in [0.5, 0.6) is 0 Å². The molecule has 2 fully saturated rings. The van der Waals surface area contributed by atoms with E-state index in [0.29, 0.717) is 29.6 Å². The summed E-state index contributed by atoms with van der Waals surface area (Å²) in [6, 6.07) is 0. The van der Waals surface area contributed by atoms with Gasteiger partial charge < -0.3 is 48.9 Å². The van der Waals surface area contributed by atoms with Crippen molar-refractivity contribution in [2.24, 2.45) is 23.7 Å². The first-order chi connectivity index (χ1) is 19.7. The second-order valence-corrected chi connectivity index (χ2v) is 10.1. The average Bonchev–Trinajstić information content (AvgIpc) is 3.35. The smallest absolute Gasteiger partial charge is 0.409 e. The Morgan fingerprint density at radius 2 is 1.54 bits per heavy atom. The van der Waals surface area contributed by atoms with Gasteiger partial charge in [0.1, 0.15) is 5.60 Å². The van der Waals surface area contributed by atoms with Crippen LogP contribution in [0.3, 0.4) is 0 Å². The molecule has 1 saturated heterocycles. The number of allylic oxidation sites excluding steroid dienone is 1. The van der Waals surface area contributed by atoms with E-state index >= 15 is 0 Å². The van der Waals surface area contributed by atoms with Gasteiger partial charge in [-0.3, -0.25) is 0 Å². The molecule has 0 bridgehead atoms. The Morgan fingerprint density at radius 1 is 0.976 bits per heavy atom. The van der Waals surface area contributed by atoms with Gasteiger partial charge in [-0.25, -0.2) is 19.2 Å². The van der Waals surface area contributed by atoms with E-state index in [9.17, 15) is 24.3 Å². The van der Waals surface area contributed by atoms with E-state index in [2.05, 4.69) is 10.6 Å². The molecule has 0 aromatic heterocycles. The van der Waals surface area contributed by atoms with Crippen molar-refractivity contribution in [1.82, 2.24) is 10.6 Å². The number of carbonyl (C=O) groups excluding carboxylic acids is 4. The number of fused-ring (bicyclic) bond motifs is 4. The number of hydrogen-bond donors (Lipinski definition) is 3. The molecule has 0 aromatic rings. The molecular formula is C26H33ClN2O12. The number of alkyl halides is 1. The van der Waals surface area contributed by atoms with Crippen molar-refractivity contribution in [2.45, 2.75) is 37.1 Å². The minimum atomic E-state index is -0.866. The molecule has 8 unspecified atom stereocenters. The molecule has 0 radical (unpaired) electrons. The van der Waals surface area contributed by atoms with Crippen LogP contribution >= 0.6 is 11.6 Å². The predicted octanol–water partition coefficient (Wildman–Crippen LogP) is 1.08. The van der Waals surface area contributed by atoms with Gasteiger partial charge in [0.25, 0.3) is 12.6 Å². The lowest BCUT2D eigenvalue weighted by Crippen LogP contribution is -2.46. The molecule has 5 aliphatic rings. The number of aliphatic hydroxyl groups is 1. The molecule has 15 heteroatoms. The third kappa shape index (κ3) is 5.68. The molecule has 14 nitrogen and oxygen atoms in total. The Labute approximate surface area is 240 Å². The van der Waals surface area contributed by atoms with Gasteiger partial charge in [0.15, 0.2) is 0 Å². The largest absolute Gasteiger partial charge is 0.466 e. The molecular weight excluding hydrogens is 568 g/mol. The van der Waals surface area contributed by atoms with Crippen LogP contribution in [0.15, 0.2) is 35.3 Å². The van der Waals surface area contributed by atoms with E-state index in [4.69, 9.17) is 44.8 Å². The number of alkyl carbamates (subject to hydrolysis) is 2. The average molecular weight is 601 g/mol. The summed E-state index contributed by atoms with van der Waals surface area (Å²) in [6.07, 6.45) is 2.63. The van der Waals surface area contributed by atoms with E-state index in [0.717, 1.165) is 0 Å².